The van der Waals surface area contributed by atoms with Gasteiger partial charge in [0.25, 0.3) is 0 Å². The lowest BCUT2D eigenvalue weighted by Gasteiger charge is -2.04. The van der Waals surface area contributed by atoms with Gasteiger partial charge in [0.15, 0.2) is 0 Å². The standard InChI is InChI=1S/C12H15BrN2/c1-8-5-10-6-9(3-4-14)7-11(13)12(10)15(8)2/h5-7H,3-4,14H2,1-2H3. The predicted molar refractivity (Wildman–Crippen MR) is 68.1 cm³/mol. The highest BCUT2D eigenvalue weighted by Gasteiger charge is 2.07. The molecule has 0 amide bonds. The molecule has 0 aliphatic heterocycles. The first-order chi connectivity index (χ1) is 7.13. The summed E-state index contributed by atoms with van der Waals surface area (Å²) in [5, 5.41) is 1.29. The summed E-state index contributed by atoms with van der Waals surface area (Å²) in [5.74, 6) is 0. The maximum atomic E-state index is 5.57. The Labute approximate surface area is 98.2 Å². The fraction of sp³-hybridized carbons (Fsp3) is 0.333. The third kappa shape index (κ3) is 1.82. The zero-order valence-corrected chi connectivity index (χ0v) is 10.6. The Morgan fingerprint density at radius 2 is 2.07 bits per heavy atom. The maximum Gasteiger partial charge on any atom is 0.0624 e. The predicted octanol–water partition coefficient (Wildman–Crippen LogP) is 2.75. The van der Waals surface area contributed by atoms with Crippen LogP contribution in [0.25, 0.3) is 10.9 Å². The van der Waals surface area contributed by atoms with Gasteiger partial charge in [0.2, 0.25) is 0 Å². The molecule has 0 unspecified atom stereocenters. The smallest absolute Gasteiger partial charge is 0.0624 e. The van der Waals surface area contributed by atoms with Gasteiger partial charge in [-0.25, -0.2) is 0 Å². The van der Waals surface area contributed by atoms with Gasteiger partial charge in [-0.3, -0.25) is 0 Å². The zero-order valence-electron chi connectivity index (χ0n) is 9.05. The summed E-state index contributed by atoms with van der Waals surface area (Å²) in [7, 11) is 2.09. The van der Waals surface area contributed by atoms with Crippen molar-refractivity contribution in [2.75, 3.05) is 6.54 Å². The van der Waals surface area contributed by atoms with Crippen molar-refractivity contribution in [2.45, 2.75) is 13.3 Å². The fourth-order valence-electron chi connectivity index (χ4n) is 1.95. The number of aromatic nitrogens is 1. The molecule has 0 atom stereocenters. The molecule has 0 radical (unpaired) electrons. The van der Waals surface area contributed by atoms with Crippen LogP contribution >= 0.6 is 15.9 Å². The van der Waals surface area contributed by atoms with Crippen molar-refractivity contribution < 1.29 is 0 Å². The number of halogens is 1. The Balaban J connectivity index is 2.67. The molecule has 15 heavy (non-hydrogen) atoms. The van der Waals surface area contributed by atoms with Crippen LogP contribution in [0.15, 0.2) is 22.7 Å². The first kappa shape index (κ1) is 10.7. The van der Waals surface area contributed by atoms with Crippen molar-refractivity contribution >= 4 is 26.8 Å². The number of nitrogens with zero attached hydrogens (tertiary/aromatic N) is 1. The molecule has 3 heteroatoms. The lowest BCUT2D eigenvalue weighted by molar-refractivity contribution is 0.915. The SMILES string of the molecule is Cc1cc2cc(CCN)cc(Br)c2n1C. The second-order valence-corrected chi connectivity index (χ2v) is 4.75. The number of aryl methyl sites for hydroxylation is 2. The first-order valence-electron chi connectivity index (χ1n) is 5.08. The number of rotatable bonds is 2. The topological polar surface area (TPSA) is 30.9 Å². The molecule has 0 aliphatic rings. The van der Waals surface area contributed by atoms with Crippen molar-refractivity contribution in [1.82, 2.24) is 4.57 Å². The van der Waals surface area contributed by atoms with Gasteiger partial charge in [-0.05, 0) is 59.6 Å². The summed E-state index contributed by atoms with van der Waals surface area (Å²) in [6.07, 6.45) is 0.933. The molecule has 2 N–H and O–H groups in total. The quantitative estimate of drug-likeness (QED) is 0.891. The zero-order chi connectivity index (χ0) is 11.0. The van der Waals surface area contributed by atoms with Crippen molar-refractivity contribution in [3.05, 3.63) is 33.9 Å². The Hall–Kier alpha value is -0.800. The van der Waals surface area contributed by atoms with Gasteiger partial charge >= 0.3 is 0 Å². The van der Waals surface area contributed by atoms with Gasteiger partial charge < -0.3 is 10.3 Å². The molecule has 2 nitrogen and oxygen atoms in total. The summed E-state index contributed by atoms with van der Waals surface area (Å²) in [4.78, 5) is 0. The second-order valence-electron chi connectivity index (χ2n) is 3.90. The molecule has 2 rings (SSSR count). The first-order valence-corrected chi connectivity index (χ1v) is 5.87. The summed E-state index contributed by atoms with van der Waals surface area (Å²) < 4.78 is 3.35. The van der Waals surface area contributed by atoms with E-state index in [9.17, 15) is 0 Å². The van der Waals surface area contributed by atoms with Gasteiger partial charge in [-0.1, -0.05) is 0 Å². The average molecular weight is 267 g/mol. The Bertz CT molecular complexity index is 500. The molecule has 0 bridgehead atoms. The molecule has 2 aromatic rings. The molecule has 1 heterocycles. The van der Waals surface area contributed by atoms with E-state index >= 15 is 0 Å². The van der Waals surface area contributed by atoms with Crippen LogP contribution in [0.1, 0.15) is 11.3 Å². The second kappa shape index (κ2) is 3.99. The Kier molecular flexibility index (Phi) is 2.85. The van der Waals surface area contributed by atoms with Crippen LogP contribution in [0.5, 0.6) is 0 Å². The number of hydrogen-bond donors (Lipinski definition) is 1. The molecule has 80 valence electrons. The van der Waals surface area contributed by atoms with E-state index in [1.807, 2.05) is 0 Å². The van der Waals surface area contributed by atoms with Gasteiger partial charge in [0.05, 0.1) is 5.52 Å². The number of benzene rings is 1. The van der Waals surface area contributed by atoms with Crippen molar-refractivity contribution in [3.8, 4) is 0 Å². The molecule has 1 aromatic heterocycles. The van der Waals surface area contributed by atoms with Crippen LogP contribution in [0.4, 0.5) is 0 Å². The minimum atomic E-state index is 0.698. The van der Waals surface area contributed by atoms with Gasteiger partial charge in [-0.15, -0.1) is 0 Å². The molecule has 0 saturated heterocycles. The minimum absolute atomic E-state index is 0.698. The molecule has 0 spiro atoms. The molecule has 0 aliphatic carbocycles. The van der Waals surface area contributed by atoms with E-state index in [-0.39, 0.29) is 0 Å². The van der Waals surface area contributed by atoms with E-state index in [1.165, 1.54) is 22.2 Å². The highest BCUT2D eigenvalue weighted by atomic mass is 79.9. The summed E-state index contributed by atoms with van der Waals surface area (Å²) in [6, 6.07) is 6.59. The van der Waals surface area contributed by atoms with Crippen molar-refractivity contribution in [2.24, 2.45) is 12.8 Å². The van der Waals surface area contributed by atoms with Gasteiger partial charge in [-0.2, -0.15) is 0 Å². The minimum Gasteiger partial charge on any atom is -0.347 e. The summed E-state index contributed by atoms with van der Waals surface area (Å²) >= 11 is 3.62. The fourth-order valence-corrected chi connectivity index (χ4v) is 2.74. The van der Waals surface area contributed by atoms with Crippen LogP contribution < -0.4 is 5.73 Å². The lowest BCUT2D eigenvalue weighted by atomic mass is 10.1. The van der Waals surface area contributed by atoms with E-state index in [2.05, 4.69) is 52.7 Å². The molecule has 0 fully saturated rings. The van der Waals surface area contributed by atoms with Crippen LogP contribution in [0, 0.1) is 6.92 Å². The molecule has 1 aromatic carbocycles. The normalized spacial score (nSPS) is 11.2. The van der Waals surface area contributed by atoms with E-state index in [0.29, 0.717) is 6.54 Å². The summed E-state index contributed by atoms with van der Waals surface area (Å²) in [6.45, 7) is 2.82. The molecular formula is C12H15BrN2. The molecule has 0 saturated carbocycles. The maximum absolute atomic E-state index is 5.57. The van der Waals surface area contributed by atoms with Crippen molar-refractivity contribution in [1.29, 1.82) is 0 Å². The third-order valence-electron chi connectivity index (χ3n) is 2.81. The van der Waals surface area contributed by atoms with Crippen LogP contribution in [0.3, 0.4) is 0 Å². The highest BCUT2D eigenvalue weighted by molar-refractivity contribution is 9.10. The molecular weight excluding hydrogens is 252 g/mol. The number of nitrogens with two attached hydrogens (primary N) is 1. The van der Waals surface area contributed by atoms with Crippen LogP contribution in [0.2, 0.25) is 0 Å². The van der Waals surface area contributed by atoms with Gasteiger partial charge in [0, 0.05) is 22.6 Å². The third-order valence-corrected chi connectivity index (χ3v) is 3.42. The Morgan fingerprint density at radius 1 is 1.33 bits per heavy atom. The van der Waals surface area contributed by atoms with E-state index < -0.39 is 0 Å². The van der Waals surface area contributed by atoms with Crippen molar-refractivity contribution in [3.63, 3.8) is 0 Å². The Morgan fingerprint density at radius 3 is 2.73 bits per heavy atom. The average Bonchev–Trinajstić information content (AvgIpc) is 2.43. The van der Waals surface area contributed by atoms with E-state index in [1.54, 1.807) is 0 Å². The lowest BCUT2D eigenvalue weighted by Crippen LogP contribution is -2.02. The van der Waals surface area contributed by atoms with E-state index in [4.69, 9.17) is 5.73 Å². The van der Waals surface area contributed by atoms with Crippen LogP contribution in [-0.2, 0) is 13.5 Å². The largest absolute Gasteiger partial charge is 0.347 e. The summed E-state index contributed by atoms with van der Waals surface area (Å²) in [5.41, 5.74) is 9.39. The van der Waals surface area contributed by atoms with Gasteiger partial charge in [0.1, 0.15) is 0 Å². The van der Waals surface area contributed by atoms with Crippen LogP contribution in [-0.4, -0.2) is 11.1 Å². The van der Waals surface area contributed by atoms with E-state index in [0.717, 1.165) is 10.9 Å². The number of hydrogen-bond acceptors (Lipinski definition) is 1. The monoisotopic (exact) mass is 266 g/mol. The highest BCUT2D eigenvalue weighted by Crippen LogP contribution is 2.28. The number of fused-ring (bicyclic) bond motifs is 1.